The van der Waals surface area contributed by atoms with Crippen LogP contribution in [0.15, 0.2) is 30.3 Å². The Balaban J connectivity index is 1.62. The standard InChI is InChI=1S/C15H21NO3/c1-18-13-10-14(16-11-13)15(17)19-9-5-8-12-6-3-2-4-7-12/h2-4,6-7,13-14,16H,5,8-11H2,1H3. The second-order valence-electron chi connectivity index (χ2n) is 4.81. The molecule has 0 amide bonds. The van der Waals surface area contributed by atoms with Crippen LogP contribution in [0.5, 0.6) is 0 Å². The summed E-state index contributed by atoms with van der Waals surface area (Å²) < 4.78 is 10.5. The Bertz CT molecular complexity index is 394. The number of ether oxygens (including phenoxy) is 2. The van der Waals surface area contributed by atoms with Gasteiger partial charge >= 0.3 is 5.97 Å². The molecule has 19 heavy (non-hydrogen) atoms. The van der Waals surface area contributed by atoms with Crippen molar-refractivity contribution in [2.75, 3.05) is 20.3 Å². The van der Waals surface area contributed by atoms with Gasteiger partial charge in [-0.2, -0.15) is 0 Å². The molecule has 0 aromatic heterocycles. The summed E-state index contributed by atoms with van der Waals surface area (Å²) in [4.78, 5) is 11.8. The third kappa shape index (κ3) is 4.33. The molecule has 1 fully saturated rings. The summed E-state index contributed by atoms with van der Waals surface area (Å²) in [5.74, 6) is -0.160. The van der Waals surface area contributed by atoms with Gasteiger partial charge in [0.1, 0.15) is 6.04 Å². The molecule has 104 valence electrons. The van der Waals surface area contributed by atoms with Gasteiger partial charge in [0.2, 0.25) is 0 Å². The Kier molecular flexibility index (Phi) is 5.36. The van der Waals surface area contributed by atoms with E-state index in [1.165, 1.54) is 5.56 Å². The summed E-state index contributed by atoms with van der Waals surface area (Å²) >= 11 is 0. The van der Waals surface area contributed by atoms with Gasteiger partial charge in [-0.15, -0.1) is 0 Å². The van der Waals surface area contributed by atoms with Crippen LogP contribution >= 0.6 is 0 Å². The molecule has 1 saturated heterocycles. The molecule has 1 N–H and O–H groups in total. The minimum absolute atomic E-state index is 0.127. The van der Waals surface area contributed by atoms with Crippen molar-refractivity contribution in [3.63, 3.8) is 0 Å². The summed E-state index contributed by atoms with van der Waals surface area (Å²) in [5, 5.41) is 3.12. The van der Waals surface area contributed by atoms with Crippen LogP contribution in [0.25, 0.3) is 0 Å². The number of carbonyl (C=O) groups is 1. The first-order chi connectivity index (χ1) is 9.29. The molecule has 0 saturated carbocycles. The molecule has 4 nitrogen and oxygen atoms in total. The molecule has 2 rings (SSSR count). The molecule has 4 heteroatoms. The summed E-state index contributed by atoms with van der Waals surface area (Å²) in [6.07, 6.45) is 2.62. The van der Waals surface area contributed by atoms with Gasteiger partial charge in [0.25, 0.3) is 0 Å². The van der Waals surface area contributed by atoms with Gasteiger partial charge in [-0.25, -0.2) is 0 Å². The third-order valence-electron chi connectivity index (χ3n) is 3.41. The van der Waals surface area contributed by atoms with Crippen molar-refractivity contribution in [1.29, 1.82) is 0 Å². The maximum Gasteiger partial charge on any atom is 0.323 e. The first-order valence-electron chi connectivity index (χ1n) is 6.76. The number of hydrogen-bond acceptors (Lipinski definition) is 4. The maximum absolute atomic E-state index is 11.8. The Hall–Kier alpha value is -1.39. The molecule has 1 aliphatic rings. The van der Waals surface area contributed by atoms with Crippen molar-refractivity contribution in [2.45, 2.75) is 31.4 Å². The number of carbonyl (C=O) groups excluding carboxylic acids is 1. The van der Waals surface area contributed by atoms with E-state index < -0.39 is 0 Å². The smallest absolute Gasteiger partial charge is 0.323 e. The second kappa shape index (κ2) is 7.26. The highest BCUT2D eigenvalue weighted by Gasteiger charge is 2.30. The van der Waals surface area contributed by atoms with Crippen molar-refractivity contribution in [1.82, 2.24) is 5.32 Å². The second-order valence-corrected chi connectivity index (χ2v) is 4.81. The largest absolute Gasteiger partial charge is 0.465 e. The summed E-state index contributed by atoms with van der Waals surface area (Å²) in [6, 6.07) is 10.0. The van der Waals surface area contributed by atoms with E-state index in [0.29, 0.717) is 13.0 Å². The fraction of sp³-hybridized carbons (Fsp3) is 0.533. The quantitative estimate of drug-likeness (QED) is 0.625. The third-order valence-corrected chi connectivity index (χ3v) is 3.41. The lowest BCUT2D eigenvalue weighted by Gasteiger charge is -2.10. The van der Waals surface area contributed by atoms with Crippen LogP contribution in [-0.4, -0.2) is 38.4 Å². The zero-order valence-electron chi connectivity index (χ0n) is 11.3. The number of methoxy groups -OCH3 is 1. The lowest BCUT2D eigenvalue weighted by Crippen LogP contribution is -2.32. The minimum Gasteiger partial charge on any atom is -0.465 e. The molecular weight excluding hydrogens is 242 g/mol. The molecule has 1 aromatic carbocycles. The molecule has 0 bridgehead atoms. The number of esters is 1. The lowest BCUT2D eigenvalue weighted by atomic mass is 10.1. The van der Waals surface area contributed by atoms with Gasteiger partial charge in [-0.1, -0.05) is 30.3 Å². The Morgan fingerprint density at radius 2 is 2.16 bits per heavy atom. The highest BCUT2D eigenvalue weighted by molar-refractivity contribution is 5.76. The fourth-order valence-electron chi connectivity index (χ4n) is 2.26. The van der Waals surface area contributed by atoms with Crippen LogP contribution in [0.2, 0.25) is 0 Å². The predicted octanol–water partition coefficient (Wildman–Crippen LogP) is 1.54. The summed E-state index contributed by atoms with van der Waals surface area (Å²) in [7, 11) is 1.67. The van der Waals surface area contributed by atoms with E-state index in [0.717, 1.165) is 19.4 Å². The van der Waals surface area contributed by atoms with Crippen LogP contribution in [0, 0.1) is 0 Å². The first-order valence-corrected chi connectivity index (χ1v) is 6.76. The van der Waals surface area contributed by atoms with Gasteiger partial charge in [0.15, 0.2) is 0 Å². The highest BCUT2D eigenvalue weighted by atomic mass is 16.5. The molecular formula is C15H21NO3. The van der Waals surface area contributed by atoms with E-state index in [4.69, 9.17) is 9.47 Å². The predicted molar refractivity (Wildman–Crippen MR) is 72.9 cm³/mol. The van der Waals surface area contributed by atoms with Crippen LogP contribution in [0.4, 0.5) is 0 Å². The minimum atomic E-state index is -0.207. The molecule has 0 aliphatic carbocycles. The Labute approximate surface area is 114 Å². The topological polar surface area (TPSA) is 47.6 Å². The Morgan fingerprint density at radius 3 is 2.84 bits per heavy atom. The maximum atomic E-state index is 11.8. The summed E-state index contributed by atoms with van der Waals surface area (Å²) in [6.45, 7) is 1.20. The average Bonchev–Trinajstić information content (AvgIpc) is 2.93. The Morgan fingerprint density at radius 1 is 1.37 bits per heavy atom. The summed E-state index contributed by atoms with van der Waals surface area (Å²) in [5.41, 5.74) is 1.27. The molecule has 1 aliphatic heterocycles. The number of benzene rings is 1. The van der Waals surface area contributed by atoms with Gasteiger partial charge in [-0.05, 0) is 18.4 Å². The number of nitrogens with one attached hydrogen (secondary N) is 1. The fourth-order valence-corrected chi connectivity index (χ4v) is 2.26. The van der Waals surface area contributed by atoms with E-state index in [-0.39, 0.29) is 18.1 Å². The van der Waals surface area contributed by atoms with E-state index in [9.17, 15) is 4.79 Å². The number of rotatable bonds is 6. The number of hydrogen-bond donors (Lipinski definition) is 1. The van der Waals surface area contributed by atoms with Gasteiger partial charge in [0.05, 0.1) is 12.7 Å². The van der Waals surface area contributed by atoms with Crippen molar-refractivity contribution in [3.8, 4) is 0 Å². The van der Waals surface area contributed by atoms with Crippen molar-refractivity contribution in [2.24, 2.45) is 0 Å². The lowest BCUT2D eigenvalue weighted by molar-refractivity contribution is -0.146. The normalized spacial score (nSPS) is 22.4. The van der Waals surface area contributed by atoms with Gasteiger partial charge < -0.3 is 14.8 Å². The van der Waals surface area contributed by atoms with Crippen molar-refractivity contribution in [3.05, 3.63) is 35.9 Å². The van der Waals surface area contributed by atoms with E-state index >= 15 is 0 Å². The van der Waals surface area contributed by atoms with Gasteiger partial charge in [-0.3, -0.25) is 4.79 Å². The van der Waals surface area contributed by atoms with Crippen LogP contribution < -0.4 is 5.32 Å². The SMILES string of the molecule is COC1CNC(C(=O)OCCCc2ccccc2)C1. The molecule has 0 spiro atoms. The zero-order valence-corrected chi connectivity index (χ0v) is 11.3. The first kappa shape index (κ1) is 14.0. The van der Waals surface area contributed by atoms with Crippen LogP contribution in [0.3, 0.4) is 0 Å². The molecule has 0 radical (unpaired) electrons. The van der Waals surface area contributed by atoms with Crippen LogP contribution in [0.1, 0.15) is 18.4 Å². The van der Waals surface area contributed by atoms with Crippen LogP contribution in [-0.2, 0) is 20.7 Å². The monoisotopic (exact) mass is 263 g/mol. The van der Waals surface area contributed by atoms with E-state index in [1.54, 1.807) is 7.11 Å². The molecule has 2 atom stereocenters. The highest BCUT2D eigenvalue weighted by Crippen LogP contribution is 2.11. The molecule has 1 heterocycles. The zero-order chi connectivity index (χ0) is 13.5. The average molecular weight is 263 g/mol. The van der Waals surface area contributed by atoms with E-state index in [2.05, 4.69) is 17.4 Å². The van der Waals surface area contributed by atoms with E-state index in [1.807, 2.05) is 18.2 Å². The van der Waals surface area contributed by atoms with Gasteiger partial charge in [0, 0.05) is 20.1 Å². The molecule has 2 unspecified atom stereocenters. The van der Waals surface area contributed by atoms with Crippen molar-refractivity contribution < 1.29 is 14.3 Å². The molecule has 1 aromatic rings. The van der Waals surface area contributed by atoms with Crippen molar-refractivity contribution >= 4 is 5.97 Å². The number of aryl methyl sites for hydroxylation is 1.